The standard InChI is InChI=1S/C26H30N4O2/c1-3-20-8-10-21(11-9-20)17-29-25(31)22-5-4-16-30(18-22)24-26(28-15-14-27-24)32-23-12-6-19(2)7-13-23/h6-15,22H,3-5,16-18H2,1-2H3,(H,29,31)/t22-/m1/s1. The van der Waals surface area contributed by atoms with Crippen molar-refractivity contribution in [2.24, 2.45) is 5.92 Å². The van der Waals surface area contributed by atoms with E-state index in [0.29, 0.717) is 24.8 Å². The minimum atomic E-state index is -0.0899. The molecule has 0 unspecified atom stereocenters. The average molecular weight is 431 g/mol. The summed E-state index contributed by atoms with van der Waals surface area (Å²) in [7, 11) is 0. The van der Waals surface area contributed by atoms with Crippen molar-refractivity contribution < 1.29 is 9.53 Å². The maximum atomic E-state index is 12.9. The molecule has 0 radical (unpaired) electrons. The summed E-state index contributed by atoms with van der Waals surface area (Å²) >= 11 is 0. The monoisotopic (exact) mass is 430 g/mol. The van der Waals surface area contributed by atoms with E-state index >= 15 is 0 Å². The highest BCUT2D eigenvalue weighted by Crippen LogP contribution is 2.31. The predicted octanol–water partition coefficient (Wildman–Crippen LogP) is 4.67. The summed E-state index contributed by atoms with van der Waals surface area (Å²) < 4.78 is 6.02. The number of ether oxygens (including phenoxy) is 1. The van der Waals surface area contributed by atoms with E-state index in [-0.39, 0.29) is 11.8 Å². The van der Waals surface area contributed by atoms with Crippen LogP contribution in [-0.4, -0.2) is 29.0 Å². The van der Waals surface area contributed by atoms with Gasteiger partial charge in [0, 0.05) is 32.0 Å². The lowest BCUT2D eigenvalue weighted by Gasteiger charge is -2.33. The summed E-state index contributed by atoms with van der Waals surface area (Å²) in [6.07, 6.45) is 6.10. The van der Waals surface area contributed by atoms with Crippen molar-refractivity contribution >= 4 is 11.7 Å². The molecule has 0 bridgehead atoms. The normalized spacial score (nSPS) is 15.9. The van der Waals surface area contributed by atoms with Crippen molar-refractivity contribution in [1.29, 1.82) is 0 Å². The number of nitrogens with one attached hydrogen (secondary N) is 1. The lowest BCUT2D eigenvalue weighted by atomic mass is 9.97. The van der Waals surface area contributed by atoms with Crippen LogP contribution in [0.3, 0.4) is 0 Å². The van der Waals surface area contributed by atoms with E-state index < -0.39 is 0 Å². The zero-order valence-electron chi connectivity index (χ0n) is 18.8. The fourth-order valence-electron chi connectivity index (χ4n) is 3.93. The quantitative estimate of drug-likeness (QED) is 0.590. The van der Waals surface area contributed by atoms with E-state index in [1.807, 2.05) is 31.2 Å². The van der Waals surface area contributed by atoms with Gasteiger partial charge in [-0.2, -0.15) is 0 Å². The average Bonchev–Trinajstić information content (AvgIpc) is 2.84. The van der Waals surface area contributed by atoms with Gasteiger partial charge in [0.15, 0.2) is 5.82 Å². The molecule has 1 amide bonds. The van der Waals surface area contributed by atoms with Crippen LogP contribution in [0.25, 0.3) is 0 Å². The Labute approximate surface area is 189 Å². The van der Waals surface area contributed by atoms with E-state index in [2.05, 4.69) is 51.4 Å². The summed E-state index contributed by atoms with van der Waals surface area (Å²) in [5.41, 5.74) is 3.59. The molecule has 2 heterocycles. The predicted molar refractivity (Wildman–Crippen MR) is 126 cm³/mol. The molecule has 3 aromatic rings. The number of nitrogens with zero attached hydrogens (tertiary/aromatic N) is 3. The largest absolute Gasteiger partial charge is 0.436 e. The molecule has 0 saturated carbocycles. The Balaban J connectivity index is 1.40. The van der Waals surface area contributed by atoms with Gasteiger partial charge in [0.05, 0.1) is 5.92 Å². The summed E-state index contributed by atoms with van der Waals surface area (Å²) in [6.45, 7) is 6.15. The number of piperidine rings is 1. The molecule has 6 heteroatoms. The number of hydrogen-bond acceptors (Lipinski definition) is 5. The Kier molecular flexibility index (Phi) is 7.00. The minimum absolute atomic E-state index is 0.0826. The Morgan fingerprint density at radius 2 is 1.78 bits per heavy atom. The Hall–Kier alpha value is -3.41. The Bertz CT molecular complexity index is 1030. The first-order valence-electron chi connectivity index (χ1n) is 11.3. The highest BCUT2D eigenvalue weighted by Gasteiger charge is 2.28. The van der Waals surface area contributed by atoms with E-state index in [1.54, 1.807) is 12.4 Å². The van der Waals surface area contributed by atoms with Gasteiger partial charge in [-0.15, -0.1) is 0 Å². The maximum absolute atomic E-state index is 12.9. The van der Waals surface area contributed by atoms with Crippen molar-refractivity contribution in [2.75, 3.05) is 18.0 Å². The molecular weight excluding hydrogens is 400 g/mol. The van der Waals surface area contributed by atoms with Gasteiger partial charge < -0.3 is 15.0 Å². The van der Waals surface area contributed by atoms with Crippen molar-refractivity contribution in [3.05, 3.63) is 77.6 Å². The van der Waals surface area contributed by atoms with Crippen molar-refractivity contribution in [2.45, 2.75) is 39.7 Å². The Morgan fingerprint density at radius 1 is 1.06 bits per heavy atom. The van der Waals surface area contributed by atoms with Crippen LogP contribution in [0.1, 0.15) is 36.5 Å². The maximum Gasteiger partial charge on any atom is 0.263 e. The highest BCUT2D eigenvalue weighted by molar-refractivity contribution is 5.79. The van der Waals surface area contributed by atoms with Gasteiger partial charge >= 0.3 is 0 Å². The number of amides is 1. The van der Waals surface area contributed by atoms with Crippen LogP contribution in [0.15, 0.2) is 60.9 Å². The van der Waals surface area contributed by atoms with Crippen LogP contribution in [0.4, 0.5) is 5.82 Å². The van der Waals surface area contributed by atoms with E-state index in [0.717, 1.165) is 37.1 Å². The first-order valence-corrected chi connectivity index (χ1v) is 11.3. The number of rotatable bonds is 7. The van der Waals surface area contributed by atoms with Gasteiger partial charge in [0.2, 0.25) is 5.91 Å². The second-order valence-corrected chi connectivity index (χ2v) is 8.27. The molecule has 4 rings (SSSR count). The third-order valence-corrected chi connectivity index (χ3v) is 5.87. The van der Waals surface area contributed by atoms with E-state index in [1.165, 1.54) is 11.1 Å². The molecule has 0 spiro atoms. The van der Waals surface area contributed by atoms with Gasteiger partial charge in [0.1, 0.15) is 5.75 Å². The molecule has 1 fully saturated rings. The summed E-state index contributed by atoms with van der Waals surface area (Å²) in [4.78, 5) is 23.9. The SMILES string of the molecule is CCc1ccc(CNC(=O)[C@@H]2CCCN(c3nccnc3Oc3ccc(C)cc3)C2)cc1. The summed E-state index contributed by atoms with van der Waals surface area (Å²) in [5, 5.41) is 3.10. The zero-order valence-corrected chi connectivity index (χ0v) is 18.8. The minimum Gasteiger partial charge on any atom is -0.436 e. The van der Waals surface area contributed by atoms with E-state index in [4.69, 9.17) is 4.74 Å². The van der Waals surface area contributed by atoms with Crippen molar-refractivity contribution in [3.63, 3.8) is 0 Å². The molecule has 6 nitrogen and oxygen atoms in total. The highest BCUT2D eigenvalue weighted by atomic mass is 16.5. The molecule has 1 saturated heterocycles. The van der Waals surface area contributed by atoms with Gasteiger partial charge in [-0.25, -0.2) is 9.97 Å². The van der Waals surface area contributed by atoms with Crippen LogP contribution < -0.4 is 15.0 Å². The topological polar surface area (TPSA) is 67.4 Å². The first kappa shape index (κ1) is 21.8. The fourth-order valence-corrected chi connectivity index (χ4v) is 3.93. The molecule has 1 atom stereocenters. The molecule has 32 heavy (non-hydrogen) atoms. The smallest absolute Gasteiger partial charge is 0.263 e. The van der Waals surface area contributed by atoms with Crippen molar-refractivity contribution in [1.82, 2.24) is 15.3 Å². The molecule has 2 aromatic carbocycles. The number of hydrogen-bond donors (Lipinski definition) is 1. The lowest BCUT2D eigenvalue weighted by Crippen LogP contribution is -2.43. The number of aryl methyl sites for hydroxylation is 2. The van der Waals surface area contributed by atoms with Gasteiger partial charge in [0.25, 0.3) is 5.88 Å². The van der Waals surface area contributed by atoms with Gasteiger partial charge in [-0.3, -0.25) is 4.79 Å². The Morgan fingerprint density at radius 3 is 2.53 bits per heavy atom. The third-order valence-electron chi connectivity index (χ3n) is 5.87. The van der Waals surface area contributed by atoms with Crippen LogP contribution in [0.2, 0.25) is 0 Å². The third kappa shape index (κ3) is 5.44. The molecule has 166 valence electrons. The van der Waals surface area contributed by atoms with Crippen LogP contribution in [0.5, 0.6) is 11.6 Å². The molecule has 1 aliphatic heterocycles. The number of carbonyl (C=O) groups is 1. The zero-order chi connectivity index (χ0) is 22.3. The second kappa shape index (κ2) is 10.3. The number of anilines is 1. The molecule has 0 aliphatic carbocycles. The van der Waals surface area contributed by atoms with E-state index in [9.17, 15) is 4.79 Å². The van der Waals surface area contributed by atoms with Crippen LogP contribution >= 0.6 is 0 Å². The van der Waals surface area contributed by atoms with Gasteiger partial charge in [-0.05, 0) is 49.4 Å². The van der Waals surface area contributed by atoms with Crippen LogP contribution in [-0.2, 0) is 17.8 Å². The molecule has 1 aromatic heterocycles. The van der Waals surface area contributed by atoms with Crippen molar-refractivity contribution in [3.8, 4) is 11.6 Å². The summed E-state index contributed by atoms with van der Waals surface area (Å²) in [5.74, 6) is 1.86. The van der Waals surface area contributed by atoms with Crippen LogP contribution in [0, 0.1) is 12.8 Å². The number of benzene rings is 2. The second-order valence-electron chi connectivity index (χ2n) is 8.27. The number of carbonyl (C=O) groups excluding carboxylic acids is 1. The molecular formula is C26H30N4O2. The van der Waals surface area contributed by atoms with Gasteiger partial charge in [-0.1, -0.05) is 48.9 Å². The first-order chi connectivity index (χ1) is 15.6. The lowest BCUT2D eigenvalue weighted by molar-refractivity contribution is -0.125. The molecule has 1 aliphatic rings. The summed E-state index contributed by atoms with van der Waals surface area (Å²) in [6, 6.07) is 16.3. The number of aromatic nitrogens is 2. The fraction of sp³-hybridized carbons (Fsp3) is 0.346. The molecule has 1 N–H and O–H groups in total.